The molecule has 1 heteroatoms. The number of fused-ring (bicyclic) bond motifs is 1. The molecule has 0 aliphatic heterocycles. The molecule has 0 heterocycles. The molecule has 1 aliphatic rings. The zero-order valence-corrected chi connectivity index (χ0v) is 13.7. The van der Waals surface area contributed by atoms with E-state index in [4.69, 9.17) is 0 Å². The van der Waals surface area contributed by atoms with Gasteiger partial charge in [-0.05, 0) is 53.1 Å². The number of hydrogen-bond acceptors (Lipinski definition) is 0. The second-order valence-electron chi connectivity index (χ2n) is 7.04. The Labute approximate surface area is 133 Å². The number of halogens is 1. The average molecular weight is 298 g/mol. The topological polar surface area (TPSA) is 0 Å². The lowest BCUT2D eigenvalue weighted by atomic mass is 9.78. The highest BCUT2D eigenvalue weighted by molar-refractivity contribution is 5.83. The standard InChI is InChI=1S/C21H27F/c1-2-3-16-4-6-17(7-5-16)8-9-18-10-11-20-15-21(22)13-12-19(20)14-18/h10-17H,2-9H2,1H3/t16-,17-. The summed E-state index contributed by atoms with van der Waals surface area (Å²) in [6, 6.07) is 11.5. The quantitative estimate of drug-likeness (QED) is 0.589. The zero-order valence-electron chi connectivity index (χ0n) is 13.7. The number of rotatable bonds is 5. The summed E-state index contributed by atoms with van der Waals surface area (Å²) in [6.45, 7) is 2.30. The highest BCUT2D eigenvalue weighted by Crippen LogP contribution is 2.34. The van der Waals surface area contributed by atoms with Crippen LogP contribution >= 0.6 is 0 Å². The first-order valence-corrected chi connectivity index (χ1v) is 8.93. The van der Waals surface area contributed by atoms with Crippen molar-refractivity contribution in [2.45, 2.75) is 58.3 Å². The maximum Gasteiger partial charge on any atom is 0.123 e. The monoisotopic (exact) mass is 298 g/mol. The molecule has 0 radical (unpaired) electrons. The van der Waals surface area contributed by atoms with Crippen LogP contribution in [0.25, 0.3) is 10.8 Å². The van der Waals surface area contributed by atoms with Crippen LogP contribution in [0.3, 0.4) is 0 Å². The first-order chi connectivity index (χ1) is 10.7. The number of benzene rings is 2. The van der Waals surface area contributed by atoms with E-state index in [2.05, 4.69) is 25.1 Å². The molecule has 0 amide bonds. The second-order valence-corrected chi connectivity index (χ2v) is 7.04. The molecule has 0 aromatic heterocycles. The summed E-state index contributed by atoms with van der Waals surface area (Å²) in [7, 11) is 0. The van der Waals surface area contributed by atoms with Gasteiger partial charge >= 0.3 is 0 Å². The first-order valence-electron chi connectivity index (χ1n) is 8.93. The molecular formula is C21H27F. The molecule has 2 aromatic rings. The smallest absolute Gasteiger partial charge is 0.123 e. The van der Waals surface area contributed by atoms with E-state index >= 15 is 0 Å². The SMILES string of the molecule is CCC[C@H]1CC[C@H](CCc2ccc3cc(F)ccc3c2)CC1. The van der Waals surface area contributed by atoms with Crippen molar-refractivity contribution in [1.82, 2.24) is 0 Å². The molecule has 0 N–H and O–H groups in total. The molecule has 0 unspecified atom stereocenters. The molecule has 1 fully saturated rings. The van der Waals surface area contributed by atoms with Gasteiger partial charge in [0, 0.05) is 0 Å². The lowest BCUT2D eigenvalue weighted by molar-refractivity contribution is 0.252. The number of hydrogen-bond donors (Lipinski definition) is 0. The van der Waals surface area contributed by atoms with Gasteiger partial charge in [0.25, 0.3) is 0 Å². The van der Waals surface area contributed by atoms with Crippen LogP contribution in [-0.2, 0) is 6.42 Å². The highest BCUT2D eigenvalue weighted by Gasteiger charge is 2.20. The molecular weight excluding hydrogens is 271 g/mol. The van der Waals surface area contributed by atoms with Gasteiger partial charge in [-0.15, -0.1) is 0 Å². The summed E-state index contributed by atoms with van der Waals surface area (Å²) >= 11 is 0. The Morgan fingerprint density at radius 3 is 2.23 bits per heavy atom. The Bertz CT molecular complexity index is 608. The van der Waals surface area contributed by atoms with Crippen molar-refractivity contribution in [3.8, 4) is 0 Å². The summed E-state index contributed by atoms with van der Waals surface area (Å²) in [5, 5.41) is 2.16. The van der Waals surface area contributed by atoms with Gasteiger partial charge in [0.1, 0.15) is 5.82 Å². The summed E-state index contributed by atoms with van der Waals surface area (Å²) in [5.41, 5.74) is 1.40. The molecule has 0 saturated heterocycles. The predicted octanol–water partition coefficient (Wildman–Crippen LogP) is 6.52. The van der Waals surface area contributed by atoms with Gasteiger partial charge in [0.2, 0.25) is 0 Å². The first kappa shape index (κ1) is 15.5. The van der Waals surface area contributed by atoms with Crippen molar-refractivity contribution >= 4 is 10.8 Å². The van der Waals surface area contributed by atoms with Crippen molar-refractivity contribution in [3.63, 3.8) is 0 Å². The predicted molar refractivity (Wildman–Crippen MR) is 92.6 cm³/mol. The van der Waals surface area contributed by atoms with E-state index in [-0.39, 0.29) is 5.82 Å². The third kappa shape index (κ3) is 3.88. The maximum absolute atomic E-state index is 13.2. The molecule has 1 saturated carbocycles. The van der Waals surface area contributed by atoms with Crippen LogP contribution in [0.1, 0.15) is 57.4 Å². The molecule has 0 atom stereocenters. The third-order valence-corrected chi connectivity index (χ3v) is 5.37. The molecule has 1 aliphatic carbocycles. The lowest BCUT2D eigenvalue weighted by Gasteiger charge is -2.28. The highest BCUT2D eigenvalue weighted by atomic mass is 19.1. The van der Waals surface area contributed by atoms with Crippen LogP contribution < -0.4 is 0 Å². The largest absolute Gasteiger partial charge is 0.207 e. The van der Waals surface area contributed by atoms with Gasteiger partial charge in [-0.1, -0.05) is 69.7 Å². The summed E-state index contributed by atoms with van der Waals surface area (Å²) in [4.78, 5) is 0. The van der Waals surface area contributed by atoms with Crippen molar-refractivity contribution in [2.75, 3.05) is 0 Å². The van der Waals surface area contributed by atoms with Crippen LogP contribution in [0.4, 0.5) is 4.39 Å². The molecule has 0 spiro atoms. The van der Waals surface area contributed by atoms with Crippen LogP contribution in [0.2, 0.25) is 0 Å². The van der Waals surface area contributed by atoms with E-state index in [9.17, 15) is 4.39 Å². The van der Waals surface area contributed by atoms with E-state index in [1.54, 1.807) is 12.1 Å². The lowest BCUT2D eigenvalue weighted by Crippen LogP contribution is -2.15. The van der Waals surface area contributed by atoms with E-state index < -0.39 is 0 Å². The Morgan fingerprint density at radius 1 is 0.864 bits per heavy atom. The second kappa shape index (κ2) is 7.26. The summed E-state index contributed by atoms with van der Waals surface area (Å²) in [5.74, 6) is 1.76. The van der Waals surface area contributed by atoms with Crippen LogP contribution in [0, 0.1) is 17.7 Å². The molecule has 22 heavy (non-hydrogen) atoms. The minimum Gasteiger partial charge on any atom is -0.207 e. The van der Waals surface area contributed by atoms with Gasteiger partial charge in [-0.25, -0.2) is 4.39 Å². The zero-order chi connectivity index (χ0) is 15.4. The molecule has 3 rings (SSSR count). The van der Waals surface area contributed by atoms with Crippen LogP contribution in [-0.4, -0.2) is 0 Å². The van der Waals surface area contributed by atoms with Crippen molar-refractivity contribution in [1.29, 1.82) is 0 Å². The van der Waals surface area contributed by atoms with Crippen LogP contribution in [0.15, 0.2) is 36.4 Å². The molecule has 0 nitrogen and oxygen atoms in total. The van der Waals surface area contributed by atoms with Crippen molar-refractivity contribution in [3.05, 3.63) is 47.8 Å². The Morgan fingerprint density at radius 2 is 1.50 bits per heavy atom. The van der Waals surface area contributed by atoms with E-state index in [1.807, 2.05) is 6.07 Å². The average Bonchev–Trinajstić information content (AvgIpc) is 2.54. The van der Waals surface area contributed by atoms with Crippen molar-refractivity contribution < 1.29 is 4.39 Å². The normalized spacial score (nSPS) is 22.1. The maximum atomic E-state index is 13.2. The summed E-state index contributed by atoms with van der Waals surface area (Å²) in [6.07, 6.45) is 11.0. The fraction of sp³-hybridized carbons (Fsp3) is 0.524. The minimum atomic E-state index is -0.149. The van der Waals surface area contributed by atoms with Gasteiger partial charge in [0.15, 0.2) is 0 Å². The Hall–Kier alpha value is -1.37. The fourth-order valence-electron chi connectivity index (χ4n) is 4.01. The summed E-state index contributed by atoms with van der Waals surface area (Å²) < 4.78 is 13.2. The van der Waals surface area contributed by atoms with Gasteiger partial charge < -0.3 is 0 Å². The van der Waals surface area contributed by atoms with Gasteiger partial charge in [-0.3, -0.25) is 0 Å². The van der Waals surface area contributed by atoms with E-state index in [1.165, 1.54) is 50.5 Å². The van der Waals surface area contributed by atoms with Gasteiger partial charge in [0.05, 0.1) is 0 Å². The third-order valence-electron chi connectivity index (χ3n) is 5.37. The molecule has 2 aromatic carbocycles. The Balaban J connectivity index is 1.55. The van der Waals surface area contributed by atoms with Crippen LogP contribution in [0.5, 0.6) is 0 Å². The number of aryl methyl sites for hydroxylation is 1. The van der Waals surface area contributed by atoms with E-state index in [0.29, 0.717) is 0 Å². The Kier molecular flexibility index (Phi) is 5.12. The van der Waals surface area contributed by atoms with Crippen molar-refractivity contribution in [2.24, 2.45) is 11.8 Å². The molecule has 118 valence electrons. The molecule has 0 bridgehead atoms. The van der Waals surface area contributed by atoms with Gasteiger partial charge in [-0.2, -0.15) is 0 Å². The fourth-order valence-corrected chi connectivity index (χ4v) is 4.01. The minimum absolute atomic E-state index is 0.149. The van der Waals surface area contributed by atoms with E-state index in [0.717, 1.165) is 29.0 Å².